The van der Waals surface area contributed by atoms with Gasteiger partial charge in [-0.25, -0.2) is 4.39 Å². The lowest BCUT2D eigenvalue weighted by atomic mass is 10.1. The molecule has 5 heteroatoms. The van der Waals surface area contributed by atoms with Gasteiger partial charge in [0.1, 0.15) is 5.82 Å². The average Bonchev–Trinajstić information content (AvgIpc) is 2.27. The predicted molar refractivity (Wildman–Crippen MR) is 59.6 cm³/mol. The zero-order valence-corrected chi connectivity index (χ0v) is 9.64. The van der Waals surface area contributed by atoms with E-state index in [4.69, 9.17) is 9.47 Å². The fourth-order valence-electron chi connectivity index (χ4n) is 1.56. The number of benzene rings is 1. The lowest BCUT2D eigenvalue weighted by Crippen LogP contribution is -2.46. The van der Waals surface area contributed by atoms with E-state index in [2.05, 4.69) is 5.32 Å². The number of hydrogen-bond acceptors (Lipinski definition) is 3. The number of rotatable bonds is 3. The lowest BCUT2D eigenvalue weighted by molar-refractivity contribution is -0.385. The summed E-state index contributed by atoms with van der Waals surface area (Å²) in [5.41, 5.74) is 0.164. The molecule has 1 aliphatic rings. The minimum atomic E-state index is -0.545. The Bertz CT molecular complexity index is 418. The van der Waals surface area contributed by atoms with Gasteiger partial charge in [0.2, 0.25) is 5.91 Å². The van der Waals surface area contributed by atoms with Gasteiger partial charge in [-0.05, 0) is 26.0 Å². The van der Waals surface area contributed by atoms with Crippen LogP contribution >= 0.6 is 0 Å². The molecule has 17 heavy (non-hydrogen) atoms. The Morgan fingerprint density at radius 2 is 2.06 bits per heavy atom. The van der Waals surface area contributed by atoms with Crippen molar-refractivity contribution >= 4 is 11.6 Å². The zero-order chi connectivity index (χ0) is 12.4. The molecule has 2 rings (SSSR count). The molecule has 0 aromatic heterocycles. The van der Waals surface area contributed by atoms with Crippen molar-refractivity contribution in [3.05, 3.63) is 30.1 Å². The molecule has 0 saturated carbocycles. The largest absolute Gasteiger partial charge is 0.323 e. The highest BCUT2D eigenvalue weighted by Crippen LogP contribution is 2.24. The first-order valence-corrected chi connectivity index (χ1v) is 5.44. The standard InChI is InChI=1S/C12H14FNO3/c1-7(12-16-8(2)17-12)11(15)14-10-6-4-3-5-9(10)13/h3-8,12H,1-2H3,(H,14,15). The van der Waals surface area contributed by atoms with E-state index in [1.54, 1.807) is 26.0 Å². The van der Waals surface area contributed by atoms with Crippen LogP contribution in [0.1, 0.15) is 13.8 Å². The second-order valence-electron chi connectivity index (χ2n) is 3.97. The molecule has 1 heterocycles. The summed E-state index contributed by atoms with van der Waals surface area (Å²) in [6.45, 7) is 3.42. The number of ether oxygens (including phenoxy) is 2. The Hall–Kier alpha value is -1.46. The number of halogens is 1. The SMILES string of the molecule is CC1OC(C(C)C(=O)Nc2ccccc2F)O1. The van der Waals surface area contributed by atoms with Crippen LogP contribution in [0.15, 0.2) is 24.3 Å². The van der Waals surface area contributed by atoms with Gasteiger partial charge in [0.05, 0.1) is 11.6 Å². The van der Waals surface area contributed by atoms with Crippen LogP contribution in [0, 0.1) is 11.7 Å². The number of carbonyl (C=O) groups is 1. The summed E-state index contributed by atoms with van der Waals surface area (Å²) in [4.78, 5) is 11.8. The smallest absolute Gasteiger partial charge is 0.232 e. The minimum Gasteiger partial charge on any atom is -0.323 e. The maximum Gasteiger partial charge on any atom is 0.232 e. The molecule has 0 aliphatic carbocycles. The summed E-state index contributed by atoms with van der Waals surface area (Å²) in [7, 11) is 0. The molecular formula is C12H14FNO3. The minimum absolute atomic E-state index is 0.164. The maximum atomic E-state index is 13.3. The van der Waals surface area contributed by atoms with Crippen LogP contribution in [-0.2, 0) is 14.3 Å². The Balaban J connectivity index is 1.95. The van der Waals surface area contributed by atoms with Gasteiger partial charge >= 0.3 is 0 Å². The molecule has 1 aromatic rings. The van der Waals surface area contributed by atoms with Crippen LogP contribution in [0.5, 0.6) is 0 Å². The van der Waals surface area contributed by atoms with Crippen LogP contribution in [0.25, 0.3) is 0 Å². The van der Waals surface area contributed by atoms with Crippen LogP contribution in [0.2, 0.25) is 0 Å². The van der Waals surface area contributed by atoms with E-state index in [1.807, 2.05) is 0 Å². The molecule has 1 atom stereocenters. The van der Waals surface area contributed by atoms with Crippen molar-refractivity contribution in [3.8, 4) is 0 Å². The van der Waals surface area contributed by atoms with Gasteiger partial charge in [-0.3, -0.25) is 4.79 Å². The highest BCUT2D eigenvalue weighted by atomic mass is 19.1. The quantitative estimate of drug-likeness (QED) is 0.878. The summed E-state index contributed by atoms with van der Waals surface area (Å²) in [5, 5.41) is 2.50. The Labute approximate surface area is 98.7 Å². The molecule has 1 amide bonds. The number of anilines is 1. The number of carbonyl (C=O) groups excluding carboxylic acids is 1. The molecule has 92 valence electrons. The fraction of sp³-hybridized carbons (Fsp3) is 0.417. The second-order valence-corrected chi connectivity index (χ2v) is 3.97. The molecule has 1 fully saturated rings. The van der Waals surface area contributed by atoms with Gasteiger partial charge in [0, 0.05) is 0 Å². The normalized spacial score (nSPS) is 24.9. The Morgan fingerprint density at radius 3 is 2.65 bits per heavy atom. The highest BCUT2D eigenvalue weighted by Gasteiger charge is 2.36. The molecule has 4 nitrogen and oxygen atoms in total. The third kappa shape index (κ3) is 2.62. The van der Waals surface area contributed by atoms with Gasteiger partial charge in [0.25, 0.3) is 0 Å². The highest BCUT2D eigenvalue weighted by molar-refractivity contribution is 5.92. The summed E-state index contributed by atoms with van der Waals surface area (Å²) in [6, 6.07) is 6.01. The fourth-order valence-corrected chi connectivity index (χ4v) is 1.56. The van der Waals surface area contributed by atoms with Gasteiger partial charge in [-0.15, -0.1) is 0 Å². The third-order valence-electron chi connectivity index (χ3n) is 2.61. The van der Waals surface area contributed by atoms with Crippen molar-refractivity contribution in [1.82, 2.24) is 0 Å². The van der Waals surface area contributed by atoms with E-state index < -0.39 is 18.0 Å². The van der Waals surface area contributed by atoms with E-state index in [1.165, 1.54) is 12.1 Å². The van der Waals surface area contributed by atoms with Crippen LogP contribution in [-0.4, -0.2) is 18.5 Å². The van der Waals surface area contributed by atoms with E-state index in [-0.39, 0.29) is 17.9 Å². The predicted octanol–water partition coefficient (Wildman–Crippen LogP) is 2.12. The monoisotopic (exact) mass is 239 g/mol. The second kappa shape index (κ2) is 4.81. The van der Waals surface area contributed by atoms with Crippen molar-refractivity contribution in [1.29, 1.82) is 0 Å². The van der Waals surface area contributed by atoms with Gasteiger partial charge < -0.3 is 14.8 Å². The molecule has 1 saturated heterocycles. The molecule has 1 aliphatic heterocycles. The molecule has 1 N–H and O–H groups in total. The summed E-state index contributed by atoms with van der Waals surface area (Å²) in [6.07, 6.45) is -0.819. The maximum absolute atomic E-state index is 13.3. The first-order valence-electron chi connectivity index (χ1n) is 5.44. The van der Waals surface area contributed by atoms with Gasteiger partial charge in [-0.2, -0.15) is 0 Å². The molecule has 1 unspecified atom stereocenters. The summed E-state index contributed by atoms with van der Waals surface area (Å²) >= 11 is 0. The first-order chi connectivity index (χ1) is 8.08. The number of hydrogen-bond donors (Lipinski definition) is 1. The molecule has 0 radical (unpaired) electrons. The summed E-state index contributed by atoms with van der Waals surface area (Å²) < 4.78 is 23.7. The number of nitrogens with one attached hydrogen (secondary N) is 1. The first kappa shape index (κ1) is 12.0. The lowest BCUT2D eigenvalue weighted by Gasteiger charge is -2.36. The van der Waals surface area contributed by atoms with Crippen LogP contribution in [0.4, 0.5) is 10.1 Å². The third-order valence-corrected chi connectivity index (χ3v) is 2.61. The van der Waals surface area contributed by atoms with E-state index in [9.17, 15) is 9.18 Å². The van der Waals surface area contributed by atoms with Crippen molar-refractivity contribution in [2.24, 2.45) is 5.92 Å². The summed E-state index contributed by atoms with van der Waals surface area (Å²) in [5.74, 6) is -1.27. The molecule has 1 aromatic carbocycles. The molecular weight excluding hydrogens is 225 g/mol. The van der Waals surface area contributed by atoms with E-state index in [0.717, 1.165) is 0 Å². The number of para-hydroxylation sites is 1. The molecule has 0 bridgehead atoms. The van der Waals surface area contributed by atoms with E-state index in [0.29, 0.717) is 0 Å². The van der Waals surface area contributed by atoms with Crippen molar-refractivity contribution < 1.29 is 18.7 Å². The average molecular weight is 239 g/mol. The Morgan fingerprint density at radius 1 is 1.41 bits per heavy atom. The van der Waals surface area contributed by atoms with Gasteiger partial charge in [0.15, 0.2) is 12.6 Å². The van der Waals surface area contributed by atoms with Gasteiger partial charge in [-0.1, -0.05) is 12.1 Å². The van der Waals surface area contributed by atoms with Crippen molar-refractivity contribution in [2.45, 2.75) is 26.4 Å². The Kier molecular flexibility index (Phi) is 3.40. The van der Waals surface area contributed by atoms with Crippen LogP contribution < -0.4 is 5.32 Å². The van der Waals surface area contributed by atoms with Crippen molar-refractivity contribution in [3.63, 3.8) is 0 Å². The van der Waals surface area contributed by atoms with Crippen LogP contribution in [0.3, 0.4) is 0 Å². The molecule has 0 spiro atoms. The number of amides is 1. The van der Waals surface area contributed by atoms with Crippen molar-refractivity contribution in [2.75, 3.05) is 5.32 Å². The zero-order valence-electron chi connectivity index (χ0n) is 9.64. The van der Waals surface area contributed by atoms with E-state index >= 15 is 0 Å². The topological polar surface area (TPSA) is 47.6 Å².